The number of carbonyl (C=O) groups is 2. The summed E-state index contributed by atoms with van der Waals surface area (Å²) >= 11 is 0. The Morgan fingerprint density at radius 2 is 1.96 bits per heavy atom. The topological polar surface area (TPSA) is 78.9 Å². The van der Waals surface area contributed by atoms with Gasteiger partial charge in [-0.05, 0) is 42.8 Å². The van der Waals surface area contributed by atoms with Gasteiger partial charge in [-0.15, -0.1) is 0 Å². The number of aryl methyl sites for hydroxylation is 1. The van der Waals surface area contributed by atoms with Crippen molar-refractivity contribution in [2.45, 2.75) is 19.4 Å². The highest BCUT2D eigenvalue weighted by atomic mass is 16.5. The fraction of sp³-hybridized carbons (Fsp3) is 0.222. The lowest BCUT2D eigenvalue weighted by Gasteiger charge is -2.19. The molecule has 1 aliphatic rings. The summed E-state index contributed by atoms with van der Waals surface area (Å²) in [6.07, 6.45) is 0.0667. The maximum Gasteiger partial charge on any atom is 0.256 e. The zero-order chi connectivity index (χ0) is 17.3. The van der Waals surface area contributed by atoms with Crippen LogP contribution in [0.4, 0.5) is 11.4 Å². The summed E-state index contributed by atoms with van der Waals surface area (Å²) in [5, 5.41) is 12.6. The molecule has 124 valence electrons. The van der Waals surface area contributed by atoms with E-state index in [0.29, 0.717) is 22.7 Å². The number of nitrogens with zero attached hydrogens (tertiary/aromatic N) is 1. The molecular formula is C18H18N2O4. The van der Waals surface area contributed by atoms with E-state index in [2.05, 4.69) is 5.32 Å². The number of imide groups is 1. The fourth-order valence-electron chi connectivity index (χ4n) is 2.84. The average molecular weight is 326 g/mol. The van der Waals surface area contributed by atoms with Crippen LogP contribution in [-0.4, -0.2) is 30.1 Å². The number of para-hydroxylation sites is 2. The van der Waals surface area contributed by atoms with Crippen LogP contribution in [0.1, 0.15) is 12.0 Å². The molecule has 1 fully saturated rings. The fourth-order valence-corrected chi connectivity index (χ4v) is 2.84. The lowest BCUT2D eigenvalue weighted by molar-refractivity contribution is -0.121. The molecule has 1 unspecified atom stereocenters. The molecule has 0 aromatic heterocycles. The number of hydrogen-bond donors (Lipinski definition) is 2. The predicted octanol–water partition coefficient (Wildman–Crippen LogP) is 2.45. The first-order valence-corrected chi connectivity index (χ1v) is 7.57. The van der Waals surface area contributed by atoms with Crippen molar-refractivity contribution in [1.82, 2.24) is 0 Å². The first-order valence-electron chi connectivity index (χ1n) is 7.57. The van der Waals surface area contributed by atoms with Crippen molar-refractivity contribution in [3.8, 4) is 11.5 Å². The molecule has 0 radical (unpaired) electrons. The van der Waals surface area contributed by atoms with Crippen LogP contribution in [0, 0.1) is 6.92 Å². The molecule has 6 heteroatoms. The molecule has 1 heterocycles. The van der Waals surface area contributed by atoms with Crippen molar-refractivity contribution in [3.05, 3.63) is 48.0 Å². The van der Waals surface area contributed by atoms with Crippen molar-refractivity contribution in [3.63, 3.8) is 0 Å². The maximum atomic E-state index is 12.7. The van der Waals surface area contributed by atoms with Crippen molar-refractivity contribution in [2.24, 2.45) is 0 Å². The molecule has 1 atom stereocenters. The third-order valence-electron chi connectivity index (χ3n) is 4.00. The zero-order valence-electron chi connectivity index (χ0n) is 13.4. The summed E-state index contributed by atoms with van der Waals surface area (Å²) in [5.74, 6) is 0.108. The molecule has 2 aromatic rings. The van der Waals surface area contributed by atoms with Crippen LogP contribution in [0.3, 0.4) is 0 Å². The SMILES string of the molecule is COc1ccccc1NC1CC(=O)N(c2ccc(O)cc2C)C1=O. The summed E-state index contributed by atoms with van der Waals surface area (Å²) in [6.45, 7) is 1.75. The molecule has 6 nitrogen and oxygen atoms in total. The number of carbonyl (C=O) groups excluding carboxylic acids is 2. The second-order valence-corrected chi connectivity index (χ2v) is 5.64. The van der Waals surface area contributed by atoms with Crippen LogP contribution in [0.15, 0.2) is 42.5 Å². The minimum atomic E-state index is -0.651. The first kappa shape index (κ1) is 15.9. The van der Waals surface area contributed by atoms with Crippen molar-refractivity contribution in [1.29, 1.82) is 0 Å². The van der Waals surface area contributed by atoms with E-state index in [1.807, 2.05) is 12.1 Å². The zero-order valence-corrected chi connectivity index (χ0v) is 13.4. The van der Waals surface area contributed by atoms with Gasteiger partial charge in [0.05, 0.1) is 24.9 Å². The summed E-state index contributed by atoms with van der Waals surface area (Å²) in [7, 11) is 1.55. The molecule has 1 saturated heterocycles. The molecule has 0 bridgehead atoms. The second kappa shape index (κ2) is 6.23. The van der Waals surface area contributed by atoms with E-state index in [1.54, 1.807) is 32.2 Å². The molecule has 0 spiro atoms. The number of amides is 2. The second-order valence-electron chi connectivity index (χ2n) is 5.64. The Kier molecular flexibility index (Phi) is 4.12. The summed E-state index contributed by atoms with van der Waals surface area (Å²) in [6, 6.07) is 11.1. The van der Waals surface area contributed by atoms with Crippen LogP contribution >= 0.6 is 0 Å². The van der Waals surface area contributed by atoms with Crippen molar-refractivity contribution < 1.29 is 19.4 Å². The molecule has 24 heavy (non-hydrogen) atoms. The van der Waals surface area contributed by atoms with Gasteiger partial charge in [-0.1, -0.05) is 12.1 Å². The van der Waals surface area contributed by atoms with Crippen molar-refractivity contribution >= 4 is 23.2 Å². The summed E-state index contributed by atoms with van der Waals surface area (Å²) in [5.41, 5.74) is 1.82. The highest BCUT2D eigenvalue weighted by Gasteiger charge is 2.40. The van der Waals surface area contributed by atoms with Gasteiger partial charge in [0.15, 0.2) is 0 Å². The Bertz CT molecular complexity index is 803. The predicted molar refractivity (Wildman–Crippen MR) is 90.4 cm³/mol. The van der Waals surface area contributed by atoms with Gasteiger partial charge in [0.25, 0.3) is 5.91 Å². The van der Waals surface area contributed by atoms with E-state index in [4.69, 9.17) is 4.74 Å². The van der Waals surface area contributed by atoms with Gasteiger partial charge in [-0.2, -0.15) is 0 Å². The molecule has 2 aromatic carbocycles. The molecule has 0 saturated carbocycles. The number of ether oxygens (including phenoxy) is 1. The van der Waals surface area contributed by atoms with E-state index >= 15 is 0 Å². The van der Waals surface area contributed by atoms with E-state index in [1.165, 1.54) is 17.0 Å². The highest BCUT2D eigenvalue weighted by Crippen LogP contribution is 2.31. The average Bonchev–Trinajstić information content (AvgIpc) is 2.83. The third-order valence-corrected chi connectivity index (χ3v) is 4.00. The first-order chi connectivity index (χ1) is 11.5. The van der Waals surface area contributed by atoms with Crippen LogP contribution in [0.25, 0.3) is 0 Å². The largest absolute Gasteiger partial charge is 0.508 e. The molecule has 0 aliphatic carbocycles. The lowest BCUT2D eigenvalue weighted by atomic mass is 10.1. The van der Waals surface area contributed by atoms with Gasteiger partial charge < -0.3 is 15.2 Å². The lowest BCUT2D eigenvalue weighted by Crippen LogP contribution is -2.35. The number of hydrogen-bond acceptors (Lipinski definition) is 5. The van der Waals surface area contributed by atoms with E-state index in [0.717, 1.165) is 0 Å². The van der Waals surface area contributed by atoms with E-state index in [9.17, 15) is 14.7 Å². The minimum absolute atomic E-state index is 0.0667. The van der Waals surface area contributed by atoms with Crippen LogP contribution in [-0.2, 0) is 9.59 Å². The molecule has 2 N–H and O–H groups in total. The number of phenols is 1. The number of rotatable bonds is 4. The number of anilines is 2. The monoisotopic (exact) mass is 326 g/mol. The van der Waals surface area contributed by atoms with Crippen LogP contribution < -0.4 is 15.0 Å². The normalized spacial score (nSPS) is 17.2. The number of methoxy groups -OCH3 is 1. The number of benzene rings is 2. The van der Waals surface area contributed by atoms with Gasteiger partial charge in [0, 0.05) is 0 Å². The Hall–Kier alpha value is -3.02. The van der Waals surface area contributed by atoms with E-state index < -0.39 is 6.04 Å². The van der Waals surface area contributed by atoms with E-state index in [-0.39, 0.29) is 24.0 Å². The number of nitrogens with one attached hydrogen (secondary N) is 1. The smallest absolute Gasteiger partial charge is 0.256 e. The van der Waals surface area contributed by atoms with Crippen LogP contribution in [0.5, 0.6) is 11.5 Å². The van der Waals surface area contributed by atoms with Gasteiger partial charge >= 0.3 is 0 Å². The van der Waals surface area contributed by atoms with Gasteiger partial charge in [-0.25, -0.2) is 4.90 Å². The Labute approximate surface area is 139 Å². The van der Waals surface area contributed by atoms with Gasteiger partial charge in [-0.3, -0.25) is 9.59 Å². The van der Waals surface area contributed by atoms with Crippen molar-refractivity contribution in [2.75, 3.05) is 17.3 Å². The standard InChI is InChI=1S/C18H18N2O4/c1-11-9-12(21)7-8-15(11)20-17(22)10-14(18(20)23)19-13-5-3-4-6-16(13)24-2/h3-9,14,19,21H,10H2,1-2H3. The molecule has 3 rings (SSSR count). The summed E-state index contributed by atoms with van der Waals surface area (Å²) in [4.78, 5) is 26.2. The van der Waals surface area contributed by atoms with Crippen LogP contribution in [0.2, 0.25) is 0 Å². The Morgan fingerprint density at radius 3 is 2.67 bits per heavy atom. The Balaban J connectivity index is 1.86. The summed E-state index contributed by atoms with van der Waals surface area (Å²) < 4.78 is 5.26. The number of aromatic hydroxyl groups is 1. The van der Waals surface area contributed by atoms with Gasteiger partial charge in [0.1, 0.15) is 17.5 Å². The molecule has 2 amide bonds. The third kappa shape index (κ3) is 2.78. The molecular weight excluding hydrogens is 308 g/mol. The maximum absolute atomic E-state index is 12.7. The Morgan fingerprint density at radius 1 is 1.21 bits per heavy atom. The number of phenolic OH excluding ortho intramolecular Hbond substituents is 1. The quantitative estimate of drug-likeness (QED) is 0.844. The molecule has 1 aliphatic heterocycles. The highest BCUT2D eigenvalue weighted by molar-refractivity contribution is 6.23. The van der Waals surface area contributed by atoms with Gasteiger partial charge in [0.2, 0.25) is 5.91 Å². The minimum Gasteiger partial charge on any atom is -0.508 e.